The third-order valence-electron chi connectivity index (χ3n) is 2.01. The molecule has 0 saturated heterocycles. The van der Waals surface area contributed by atoms with Crippen molar-refractivity contribution in [3.05, 3.63) is 0 Å². The lowest BCUT2D eigenvalue weighted by Gasteiger charge is -2.14. The van der Waals surface area contributed by atoms with Gasteiger partial charge in [-0.05, 0) is 20.3 Å². The molecule has 0 aromatic rings. The van der Waals surface area contributed by atoms with E-state index in [1.54, 1.807) is 6.92 Å². The molecule has 0 aromatic heterocycles. The van der Waals surface area contributed by atoms with Crippen molar-refractivity contribution in [3.63, 3.8) is 0 Å². The summed E-state index contributed by atoms with van der Waals surface area (Å²) in [5, 5.41) is 5.87. The molecule has 1 amide bonds. The maximum absolute atomic E-state index is 11.3. The molecule has 0 aliphatic rings. The number of hydrogen-bond acceptors (Lipinski definition) is 3. The van der Waals surface area contributed by atoms with Crippen LogP contribution < -0.4 is 10.6 Å². The minimum atomic E-state index is -0.0141. The Morgan fingerprint density at radius 2 is 1.80 bits per heavy atom. The Hall–Kier alpha value is -0.900. The zero-order valence-corrected chi connectivity index (χ0v) is 10.1. The molecule has 4 nitrogen and oxygen atoms in total. The third kappa shape index (κ3) is 9.41. The molecule has 0 aliphatic carbocycles. The highest BCUT2D eigenvalue weighted by molar-refractivity contribution is 5.78. The molecular weight excluding hydrogens is 192 g/mol. The van der Waals surface area contributed by atoms with Crippen LogP contribution in [0.25, 0.3) is 0 Å². The van der Waals surface area contributed by atoms with Crippen LogP contribution in [0, 0.1) is 0 Å². The van der Waals surface area contributed by atoms with Gasteiger partial charge in [-0.25, -0.2) is 0 Å². The van der Waals surface area contributed by atoms with Gasteiger partial charge in [-0.3, -0.25) is 4.79 Å². The number of hydrogen-bond donors (Lipinski definition) is 2. The van der Waals surface area contributed by atoms with E-state index in [9.17, 15) is 9.59 Å². The molecule has 0 bridgehead atoms. The molecular formula is C11H22N2O2. The molecule has 0 radical (unpaired) electrons. The molecule has 0 fully saturated rings. The van der Waals surface area contributed by atoms with Crippen molar-refractivity contribution in [1.82, 2.24) is 10.6 Å². The average Bonchev–Trinajstić information content (AvgIpc) is 2.11. The van der Waals surface area contributed by atoms with Gasteiger partial charge in [0.05, 0.1) is 6.54 Å². The zero-order chi connectivity index (χ0) is 11.8. The van der Waals surface area contributed by atoms with Crippen LogP contribution in [0.1, 0.15) is 40.5 Å². The van der Waals surface area contributed by atoms with Crippen molar-refractivity contribution < 1.29 is 9.59 Å². The largest absolute Gasteiger partial charge is 0.353 e. The van der Waals surface area contributed by atoms with Crippen LogP contribution >= 0.6 is 0 Å². The van der Waals surface area contributed by atoms with E-state index in [-0.39, 0.29) is 17.7 Å². The van der Waals surface area contributed by atoms with Crippen molar-refractivity contribution >= 4 is 11.7 Å². The summed E-state index contributed by atoms with van der Waals surface area (Å²) in [6.45, 7) is 7.80. The van der Waals surface area contributed by atoms with Crippen LogP contribution in [0.2, 0.25) is 0 Å². The quantitative estimate of drug-likeness (QED) is 0.661. The van der Waals surface area contributed by atoms with Gasteiger partial charge in [-0.15, -0.1) is 0 Å². The lowest BCUT2D eigenvalue weighted by atomic mass is 10.1. The lowest BCUT2D eigenvalue weighted by molar-refractivity contribution is -0.121. The number of carbonyl (C=O) groups excluding carboxylic acids is 2. The van der Waals surface area contributed by atoms with Gasteiger partial charge >= 0.3 is 0 Å². The van der Waals surface area contributed by atoms with E-state index in [2.05, 4.69) is 10.6 Å². The molecule has 0 heterocycles. The first-order valence-electron chi connectivity index (χ1n) is 5.44. The van der Waals surface area contributed by atoms with Gasteiger partial charge in [0.15, 0.2) is 0 Å². The Kier molecular flexibility index (Phi) is 6.96. The average molecular weight is 214 g/mol. The Balaban J connectivity index is 3.62. The minimum Gasteiger partial charge on any atom is -0.353 e. The Bertz CT molecular complexity index is 215. The lowest BCUT2D eigenvalue weighted by Crippen LogP contribution is -2.41. The fourth-order valence-electron chi connectivity index (χ4n) is 1.11. The van der Waals surface area contributed by atoms with Crippen LogP contribution in [0.3, 0.4) is 0 Å². The zero-order valence-electron chi connectivity index (χ0n) is 10.1. The Morgan fingerprint density at radius 3 is 2.27 bits per heavy atom. The van der Waals surface area contributed by atoms with Crippen molar-refractivity contribution in [2.75, 3.05) is 6.54 Å². The number of carbonyl (C=O) groups is 2. The highest BCUT2D eigenvalue weighted by Gasteiger charge is 2.08. The maximum Gasteiger partial charge on any atom is 0.234 e. The van der Waals surface area contributed by atoms with E-state index in [0.29, 0.717) is 25.4 Å². The standard InChI is InChI=1S/C11H22N2O2/c1-8(2)12-7-11(15)13-9(3)5-6-10(4)14/h8-9,12H,5-7H2,1-4H3,(H,13,15). The summed E-state index contributed by atoms with van der Waals surface area (Å²) in [7, 11) is 0. The molecule has 0 aromatic carbocycles. The summed E-state index contributed by atoms with van der Waals surface area (Å²) in [6, 6.07) is 0.374. The smallest absolute Gasteiger partial charge is 0.234 e. The van der Waals surface area contributed by atoms with Gasteiger partial charge in [-0.2, -0.15) is 0 Å². The van der Waals surface area contributed by atoms with Gasteiger partial charge in [-0.1, -0.05) is 13.8 Å². The van der Waals surface area contributed by atoms with Gasteiger partial charge in [0.2, 0.25) is 5.91 Å². The number of nitrogens with one attached hydrogen (secondary N) is 2. The summed E-state index contributed by atoms with van der Waals surface area (Å²) in [6.07, 6.45) is 1.24. The first-order chi connectivity index (χ1) is 6.91. The second-order valence-corrected chi connectivity index (χ2v) is 4.24. The van der Waals surface area contributed by atoms with Crippen LogP contribution in [0.4, 0.5) is 0 Å². The Labute approximate surface area is 91.8 Å². The van der Waals surface area contributed by atoms with Gasteiger partial charge in [0.1, 0.15) is 5.78 Å². The monoisotopic (exact) mass is 214 g/mol. The van der Waals surface area contributed by atoms with Crippen molar-refractivity contribution in [3.8, 4) is 0 Å². The summed E-state index contributed by atoms with van der Waals surface area (Å²) < 4.78 is 0. The van der Waals surface area contributed by atoms with Crippen LogP contribution in [-0.4, -0.2) is 30.3 Å². The molecule has 15 heavy (non-hydrogen) atoms. The van der Waals surface area contributed by atoms with Gasteiger partial charge in [0, 0.05) is 18.5 Å². The van der Waals surface area contributed by atoms with Crippen molar-refractivity contribution in [1.29, 1.82) is 0 Å². The number of Topliss-reactive ketones (excluding diaryl/α,β-unsaturated/α-hetero) is 1. The van der Waals surface area contributed by atoms with Gasteiger partial charge in [0.25, 0.3) is 0 Å². The topological polar surface area (TPSA) is 58.2 Å². The predicted octanol–water partition coefficient (Wildman–Crippen LogP) is 0.858. The second kappa shape index (κ2) is 7.40. The molecule has 0 spiro atoms. The molecule has 0 rings (SSSR count). The molecule has 1 atom stereocenters. The van der Waals surface area contributed by atoms with E-state index in [1.807, 2.05) is 20.8 Å². The maximum atomic E-state index is 11.3. The van der Waals surface area contributed by atoms with E-state index in [1.165, 1.54) is 0 Å². The Morgan fingerprint density at radius 1 is 1.20 bits per heavy atom. The van der Waals surface area contributed by atoms with E-state index in [0.717, 1.165) is 0 Å². The van der Waals surface area contributed by atoms with Crippen molar-refractivity contribution in [2.24, 2.45) is 0 Å². The predicted molar refractivity (Wildman–Crippen MR) is 60.7 cm³/mol. The summed E-state index contributed by atoms with van der Waals surface area (Å²) in [4.78, 5) is 22.1. The molecule has 4 heteroatoms. The first-order valence-corrected chi connectivity index (χ1v) is 5.44. The second-order valence-electron chi connectivity index (χ2n) is 4.24. The van der Waals surface area contributed by atoms with E-state index < -0.39 is 0 Å². The first kappa shape index (κ1) is 14.1. The van der Waals surface area contributed by atoms with Crippen LogP contribution in [-0.2, 0) is 9.59 Å². The normalized spacial score (nSPS) is 12.6. The van der Waals surface area contributed by atoms with Gasteiger partial charge < -0.3 is 15.4 Å². The van der Waals surface area contributed by atoms with E-state index in [4.69, 9.17) is 0 Å². The fraction of sp³-hybridized carbons (Fsp3) is 0.818. The highest BCUT2D eigenvalue weighted by Crippen LogP contribution is 1.96. The van der Waals surface area contributed by atoms with Crippen molar-refractivity contribution in [2.45, 2.75) is 52.6 Å². The fourth-order valence-corrected chi connectivity index (χ4v) is 1.11. The van der Waals surface area contributed by atoms with Crippen LogP contribution in [0.5, 0.6) is 0 Å². The number of ketones is 1. The molecule has 0 aliphatic heterocycles. The molecule has 0 saturated carbocycles. The SMILES string of the molecule is CC(=O)CCC(C)NC(=O)CNC(C)C. The summed E-state index contributed by atoms with van der Waals surface area (Å²) in [5.41, 5.74) is 0. The number of amides is 1. The third-order valence-corrected chi connectivity index (χ3v) is 2.01. The van der Waals surface area contributed by atoms with E-state index >= 15 is 0 Å². The molecule has 1 unspecified atom stereocenters. The molecule has 2 N–H and O–H groups in total. The summed E-state index contributed by atoms with van der Waals surface area (Å²) in [5.74, 6) is 0.149. The summed E-state index contributed by atoms with van der Waals surface area (Å²) >= 11 is 0. The highest BCUT2D eigenvalue weighted by atomic mass is 16.2. The minimum absolute atomic E-state index is 0.0141. The number of rotatable bonds is 7. The molecule has 88 valence electrons. The van der Waals surface area contributed by atoms with Crippen LogP contribution in [0.15, 0.2) is 0 Å².